The zero-order valence-corrected chi connectivity index (χ0v) is 11.8. The summed E-state index contributed by atoms with van der Waals surface area (Å²) in [7, 11) is 0. The molecule has 4 heteroatoms. The van der Waals surface area contributed by atoms with E-state index in [0.717, 1.165) is 19.5 Å². The third-order valence-corrected chi connectivity index (χ3v) is 4.74. The molecule has 0 radical (unpaired) electrons. The standard InChI is InChI=1S/C13H24N2OS/c1-10(2)13(16)15-6-3-12(9-15)14-11-4-7-17-8-5-11/h10-12,14H,3-9H2,1-2H3. The lowest BCUT2D eigenvalue weighted by atomic mass is 10.1. The predicted octanol–water partition coefficient (Wildman–Crippen LogP) is 1.73. The van der Waals surface area contributed by atoms with Crippen molar-refractivity contribution in [1.29, 1.82) is 0 Å². The third-order valence-electron chi connectivity index (χ3n) is 3.69. The molecule has 2 fully saturated rings. The minimum Gasteiger partial charge on any atom is -0.341 e. The lowest BCUT2D eigenvalue weighted by molar-refractivity contribution is -0.133. The molecule has 0 saturated carbocycles. The Bertz CT molecular complexity index is 264. The van der Waals surface area contributed by atoms with Crippen LogP contribution in [0.15, 0.2) is 0 Å². The first-order valence-corrected chi connectivity index (χ1v) is 7.95. The molecule has 0 spiro atoms. The van der Waals surface area contributed by atoms with Gasteiger partial charge >= 0.3 is 0 Å². The van der Waals surface area contributed by atoms with Crippen LogP contribution in [0.3, 0.4) is 0 Å². The fraction of sp³-hybridized carbons (Fsp3) is 0.923. The molecule has 1 N–H and O–H groups in total. The summed E-state index contributed by atoms with van der Waals surface area (Å²) in [6.07, 6.45) is 3.71. The highest BCUT2D eigenvalue weighted by atomic mass is 32.2. The van der Waals surface area contributed by atoms with Gasteiger partial charge in [-0.05, 0) is 30.8 Å². The third kappa shape index (κ3) is 3.62. The van der Waals surface area contributed by atoms with Gasteiger partial charge in [0.15, 0.2) is 0 Å². The number of rotatable bonds is 3. The number of thioether (sulfide) groups is 1. The Hall–Kier alpha value is -0.220. The Balaban J connectivity index is 1.75. The maximum Gasteiger partial charge on any atom is 0.225 e. The Morgan fingerprint density at radius 2 is 1.94 bits per heavy atom. The zero-order valence-electron chi connectivity index (χ0n) is 10.9. The second kappa shape index (κ2) is 6.10. The van der Waals surface area contributed by atoms with E-state index in [0.29, 0.717) is 18.0 Å². The van der Waals surface area contributed by atoms with Crippen LogP contribution in [0.5, 0.6) is 0 Å². The van der Waals surface area contributed by atoms with E-state index < -0.39 is 0 Å². The average molecular weight is 256 g/mol. The van der Waals surface area contributed by atoms with E-state index in [1.54, 1.807) is 0 Å². The molecule has 3 nitrogen and oxygen atoms in total. The van der Waals surface area contributed by atoms with E-state index in [-0.39, 0.29) is 5.92 Å². The van der Waals surface area contributed by atoms with E-state index in [1.165, 1.54) is 24.3 Å². The molecular formula is C13H24N2OS. The van der Waals surface area contributed by atoms with Gasteiger partial charge in [0, 0.05) is 31.1 Å². The summed E-state index contributed by atoms with van der Waals surface area (Å²) < 4.78 is 0. The SMILES string of the molecule is CC(C)C(=O)N1CCC(NC2CCSCC2)C1. The highest BCUT2D eigenvalue weighted by molar-refractivity contribution is 7.99. The molecule has 0 aromatic rings. The molecule has 0 bridgehead atoms. The molecule has 17 heavy (non-hydrogen) atoms. The van der Waals surface area contributed by atoms with Gasteiger partial charge < -0.3 is 10.2 Å². The summed E-state index contributed by atoms with van der Waals surface area (Å²) in [4.78, 5) is 13.9. The number of nitrogens with one attached hydrogen (secondary N) is 1. The Morgan fingerprint density at radius 3 is 2.59 bits per heavy atom. The molecule has 2 saturated heterocycles. The van der Waals surface area contributed by atoms with Crippen LogP contribution in [0.25, 0.3) is 0 Å². The topological polar surface area (TPSA) is 32.3 Å². The monoisotopic (exact) mass is 256 g/mol. The van der Waals surface area contributed by atoms with E-state index in [4.69, 9.17) is 0 Å². The van der Waals surface area contributed by atoms with Crippen molar-refractivity contribution in [3.63, 3.8) is 0 Å². The van der Waals surface area contributed by atoms with E-state index in [9.17, 15) is 4.79 Å². The van der Waals surface area contributed by atoms with Crippen LogP contribution in [0.4, 0.5) is 0 Å². The molecule has 2 aliphatic rings. The van der Waals surface area contributed by atoms with E-state index in [1.807, 2.05) is 18.7 Å². The molecular weight excluding hydrogens is 232 g/mol. The van der Waals surface area contributed by atoms with Crippen molar-refractivity contribution in [1.82, 2.24) is 10.2 Å². The predicted molar refractivity (Wildman–Crippen MR) is 73.3 cm³/mol. The lowest BCUT2D eigenvalue weighted by Crippen LogP contribution is -2.43. The molecule has 0 aromatic carbocycles. The summed E-state index contributed by atoms with van der Waals surface area (Å²) in [5.41, 5.74) is 0. The zero-order chi connectivity index (χ0) is 12.3. The number of hydrogen-bond acceptors (Lipinski definition) is 3. The number of likely N-dealkylation sites (tertiary alicyclic amines) is 1. The van der Waals surface area contributed by atoms with Gasteiger partial charge in [0.1, 0.15) is 0 Å². The molecule has 0 aliphatic carbocycles. The smallest absolute Gasteiger partial charge is 0.225 e. The van der Waals surface area contributed by atoms with Crippen LogP contribution in [0.1, 0.15) is 33.1 Å². The van der Waals surface area contributed by atoms with Crippen LogP contribution in [-0.4, -0.2) is 47.5 Å². The average Bonchev–Trinajstić information content (AvgIpc) is 2.77. The van der Waals surface area contributed by atoms with Gasteiger partial charge in [-0.2, -0.15) is 11.8 Å². The molecule has 2 aliphatic heterocycles. The first-order chi connectivity index (χ1) is 8.16. The van der Waals surface area contributed by atoms with Gasteiger partial charge in [0.05, 0.1) is 0 Å². The number of nitrogens with zero attached hydrogens (tertiary/aromatic N) is 1. The molecule has 1 amide bonds. The number of carbonyl (C=O) groups is 1. The summed E-state index contributed by atoms with van der Waals surface area (Å²) in [5.74, 6) is 3.03. The minimum atomic E-state index is 0.139. The van der Waals surface area contributed by atoms with Crippen LogP contribution >= 0.6 is 11.8 Å². The van der Waals surface area contributed by atoms with Crippen LogP contribution < -0.4 is 5.32 Å². The minimum absolute atomic E-state index is 0.139. The van der Waals surface area contributed by atoms with Crippen LogP contribution in [0, 0.1) is 5.92 Å². The van der Waals surface area contributed by atoms with E-state index in [2.05, 4.69) is 17.1 Å². The van der Waals surface area contributed by atoms with Crippen molar-refractivity contribution >= 4 is 17.7 Å². The first kappa shape index (κ1) is 13.2. The van der Waals surface area contributed by atoms with Crippen molar-refractivity contribution < 1.29 is 4.79 Å². The van der Waals surface area contributed by atoms with Gasteiger partial charge in [-0.3, -0.25) is 4.79 Å². The van der Waals surface area contributed by atoms with Crippen molar-refractivity contribution in [2.75, 3.05) is 24.6 Å². The Labute approximate surface area is 109 Å². The van der Waals surface area contributed by atoms with Gasteiger partial charge in [-0.25, -0.2) is 0 Å². The highest BCUT2D eigenvalue weighted by Gasteiger charge is 2.29. The van der Waals surface area contributed by atoms with Crippen molar-refractivity contribution in [2.45, 2.75) is 45.2 Å². The lowest BCUT2D eigenvalue weighted by Gasteiger charge is -2.26. The second-order valence-corrected chi connectivity index (χ2v) is 6.70. The summed E-state index contributed by atoms with van der Waals surface area (Å²) in [6.45, 7) is 5.83. The fourth-order valence-corrected chi connectivity index (χ4v) is 3.77. The summed E-state index contributed by atoms with van der Waals surface area (Å²) in [6, 6.07) is 1.22. The molecule has 1 unspecified atom stereocenters. The number of amides is 1. The maximum atomic E-state index is 11.9. The fourth-order valence-electron chi connectivity index (χ4n) is 2.66. The second-order valence-electron chi connectivity index (χ2n) is 5.48. The van der Waals surface area contributed by atoms with Gasteiger partial charge in [-0.15, -0.1) is 0 Å². The molecule has 2 rings (SSSR count). The van der Waals surface area contributed by atoms with Crippen molar-refractivity contribution in [3.8, 4) is 0 Å². The normalized spacial score (nSPS) is 26.8. The highest BCUT2D eigenvalue weighted by Crippen LogP contribution is 2.19. The Morgan fingerprint density at radius 1 is 1.24 bits per heavy atom. The largest absolute Gasteiger partial charge is 0.341 e. The van der Waals surface area contributed by atoms with Crippen LogP contribution in [0.2, 0.25) is 0 Å². The Kier molecular flexibility index (Phi) is 4.74. The molecule has 1 atom stereocenters. The van der Waals surface area contributed by atoms with Gasteiger partial charge in [0.25, 0.3) is 0 Å². The van der Waals surface area contributed by atoms with Crippen LogP contribution in [-0.2, 0) is 4.79 Å². The number of carbonyl (C=O) groups excluding carboxylic acids is 1. The van der Waals surface area contributed by atoms with E-state index >= 15 is 0 Å². The van der Waals surface area contributed by atoms with Gasteiger partial charge in [-0.1, -0.05) is 13.8 Å². The molecule has 2 heterocycles. The van der Waals surface area contributed by atoms with Gasteiger partial charge in [0.2, 0.25) is 5.91 Å². The summed E-state index contributed by atoms with van der Waals surface area (Å²) in [5, 5.41) is 3.73. The quantitative estimate of drug-likeness (QED) is 0.834. The molecule has 0 aromatic heterocycles. The molecule has 98 valence electrons. The summed E-state index contributed by atoms with van der Waals surface area (Å²) >= 11 is 2.06. The first-order valence-electron chi connectivity index (χ1n) is 6.79. The van der Waals surface area contributed by atoms with Crippen molar-refractivity contribution in [2.24, 2.45) is 5.92 Å². The number of hydrogen-bond donors (Lipinski definition) is 1. The maximum absolute atomic E-state index is 11.9. The van der Waals surface area contributed by atoms with Crippen molar-refractivity contribution in [3.05, 3.63) is 0 Å².